The monoisotopic (exact) mass is 326 g/mol. The van der Waals surface area contributed by atoms with Gasteiger partial charge in [0.2, 0.25) is 0 Å². The summed E-state index contributed by atoms with van der Waals surface area (Å²) in [6.07, 6.45) is 0. The molecule has 0 spiro atoms. The van der Waals surface area contributed by atoms with Crippen LogP contribution in [0.3, 0.4) is 0 Å². The van der Waals surface area contributed by atoms with Crippen molar-refractivity contribution < 1.29 is 4.39 Å². The topological polar surface area (TPSA) is 29.3 Å². The molecule has 5 heteroatoms. The minimum absolute atomic E-state index is 0.0544. The van der Waals surface area contributed by atoms with E-state index in [4.69, 9.17) is 28.9 Å². The maximum absolute atomic E-state index is 12.9. The van der Waals surface area contributed by atoms with Crippen molar-refractivity contribution in [2.75, 3.05) is 13.6 Å². The van der Waals surface area contributed by atoms with Gasteiger partial charge in [-0.25, -0.2) is 4.39 Å². The second-order valence-electron chi connectivity index (χ2n) is 4.94. The average Bonchev–Trinajstić information content (AvgIpc) is 2.47. The zero-order valence-electron chi connectivity index (χ0n) is 11.7. The molecule has 0 aliphatic heterocycles. The first-order valence-electron chi connectivity index (χ1n) is 6.61. The first kappa shape index (κ1) is 16.2. The fourth-order valence-electron chi connectivity index (χ4n) is 2.31. The van der Waals surface area contributed by atoms with E-state index < -0.39 is 0 Å². The number of hydrogen-bond acceptors (Lipinski definition) is 2. The molecule has 1 unspecified atom stereocenters. The SMILES string of the molecule is CN(Cc1ccc(F)cc1)C(CN)c1cccc(Cl)c1Cl. The van der Waals surface area contributed by atoms with E-state index >= 15 is 0 Å². The van der Waals surface area contributed by atoms with Crippen molar-refractivity contribution in [3.8, 4) is 0 Å². The molecule has 21 heavy (non-hydrogen) atoms. The van der Waals surface area contributed by atoms with Crippen molar-refractivity contribution in [3.63, 3.8) is 0 Å². The summed E-state index contributed by atoms with van der Waals surface area (Å²) in [6.45, 7) is 1.06. The lowest BCUT2D eigenvalue weighted by molar-refractivity contribution is 0.242. The Morgan fingerprint density at radius 2 is 1.81 bits per heavy atom. The normalized spacial score (nSPS) is 12.7. The van der Waals surface area contributed by atoms with Gasteiger partial charge in [-0.1, -0.05) is 47.5 Å². The summed E-state index contributed by atoms with van der Waals surface area (Å²) in [7, 11) is 1.96. The van der Waals surface area contributed by atoms with Crippen molar-refractivity contribution in [2.24, 2.45) is 5.73 Å². The molecule has 2 N–H and O–H groups in total. The lowest BCUT2D eigenvalue weighted by Gasteiger charge is -2.28. The van der Waals surface area contributed by atoms with Crippen LogP contribution in [-0.4, -0.2) is 18.5 Å². The van der Waals surface area contributed by atoms with Crippen LogP contribution in [0.4, 0.5) is 4.39 Å². The van der Waals surface area contributed by atoms with E-state index in [2.05, 4.69) is 4.90 Å². The molecule has 0 aliphatic carbocycles. The molecule has 0 fully saturated rings. The third-order valence-electron chi connectivity index (χ3n) is 3.44. The van der Waals surface area contributed by atoms with Gasteiger partial charge in [0.15, 0.2) is 0 Å². The van der Waals surface area contributed by atoms with Gasteiger partial charge in [0.25, 0.3) is 0 Å². The number of rotatable bonds is 5. The molecule has 2 aromatic carbocycles. The smallest absolute Gasteiger partial charge is 0.123 e. The summed E-state index contributed by atoms with van der Waals surface area (Å²) in [5.41, 5.74) is 7.81. The van der Waals surface area contributed by atoms with Gasteiger partial charge < -0.3 is 5.73 Å². The zero-order valence-corrected chi connectivity index (χ0v) is 13.2. The third kappa shape index (κ3) is 3.95. The van der Waals surface area contributed by atoms with Gasteiger partial charge in [-0.05, 0) is 36.4 Å². The van der Waals surface area contributed by atoms with E-state index in [0.717, 1.165) is 11.1 Å². The van der Waals surface area contributed by atoms with E-state index in [1.165, 1.54) is 12.1 Å². The molecule has 2 aromatic rings. The Morgan fingerprint density at radius 1 is 1.14 bits per heavy atom. The lowest BCUT2D eigenvalue weighted by atomic mass is 10.0. The van der Waals surface area contributed by atoms with Crippen molar-refractivity contribution in [1.82, 2.24) is 4.90 Å². The second kappa shape index (κ2) is 7.23. The first-order chi connectivity index (χ1) is 10.0. The van der Waals surface area contributed by atoms with Crippen LogP contribution in [0.1, 0.15) is 17.2 Å². The maximum Gasteiger partial charge on any atom is 0.123 e. The number of nitrogens with two attached hydrogens (primary N) is 1. The molecule has 1 atom stereocenters. The molecule has 0 bridgehead atoms. The fraction of sp³-hybridized carbons (Fsp3) is 0.250. The summed E-state index contributed by atoms with van der Waals surface area (Å²) < 4.78 is 12.9. The summed E-state index contributed by atoms with van der Waals surface area (Å²) >= 11 is 12.3. The van der Waals surface area contributed by atoms with Gasteiger partial charge in [0.05, 0.1) is 10.0 Å². The summed E-state index contributed by atoms with van der Waals surface area (Å²) in [5, 5.41) is 1.04. The lowest BCUT2D eigenvalue weighted by Crippen LogP contribution is -2.30. The van der Waals surface area contributed by atoms with E-state index in [1.54, 1.807) is 18.2 Å². The van der Waals surface area contributed by atoms with Crippen molar-refractivity contribution >= 4 is 23.2 Å². The predicted octanol–water partition coefficient (Wildman–Crippen LogP) is 4.26. The Morgan fingerprint density at radius 3 is 2.43 bits per heavy atom. The number of benzene rings is 2. The Bertz CT molecular complexity index is 602. The Balaban J connectivity index is 2.20. The van der Waals surface area contributed by atoms with Crippen LogP contribution in [0.5, 0.6) is 0 Å². The zero-order chi connectivity index (χ0) is 15.4. The third-order valence-corrected chi connectivity index (χ3v) is 4.27. The van der Waals surface area contributed by atoms with Crippen LogP contribution >= 0.6 is 23.2 Å². The maximum atomic E-state index is 12.9. The van der Waals surface area contributed by atoms with Gasteiger partial charge in [0, 0.05) is 19.1 Å². The summed E-state index contributed by atoms with van der Waals surface area (Å²) in [6, 6.07) is 11.9. The van der Waals surface area contributed by atoms with E-state index in [9.17, 15) is 4.39 Å². The number of nitrogens with zero attached hydrogens (tertiary/aromatic N) is 1. The molecule has 0 aromatic heterocycles. The molecule has 2 rings (SSSR count). The standard InChI is InChI=1S/C16H17Cl2FN2/c1-21(10-11-5-7-12(19)8-6-11)15(9-20)13-3-2-4-14(17)16(13)18/h2-8,15H,9-10,20H2,1H3. The predicted molar refractivity (Wildman–Crippen MR) is 86.1 cm³/mol. The van der Waals surface area contributed by atoms with Crippen molar-refractivity contribution in [3.05, 3.63) is 69.5 Å². The quantitative estimate of drug-likeness (QED) is 0.889. The highest BCUT2D eigenvalue weighted by Gasteiger charge is 2.19. The second-order valence-corrected chi connectivity index (χ2v) is 5.72. The van der Waals surface area contributed by atoms with E-state index in [-0.39, 0.29) is 11.9 Å². The molecular formula is C16H17Cl2FN2. The van der Waals surface area contributed by atoms with Crippen molar-refractivity contribution in [2.45, 2.75) is 12.6 Å². The molecule has 2 nitrogen and oxygen atoms in total. The molecule has 0 saturated carbocycles. The van der Waals surface area contributed by atoms with Crippen LogP contribution in [0.2, 0.25) is 10.0 Å². The van der Waals surface area contributed by atoms with Gasteiger partial charge in [-0.2, -0.15) is 0 Å². The van der Waals surface area contributed by atoms with Gasteiger partial charge in [-0.3, -0.25) is 4.90 Å². The highest BCUT2D eigenvalue weighted by atomic mass is 35.5. The highest BCUT2D eigenvalue weighted by Crippen LogP contribution is 2.32. The molecule has 112 valence electrons. The first-order valence-corrected chi connectivity index (χ1v) is 7.37. The largest absolute Gasteiger partial charge is 0.329 e. The van der Waals surface area contributed by atoms with Gasteiger partial charge in [0.1, 0.15) is 5.82 Å². The van der Waals surface area contributed by atoms with Gasteiger partial charge >= 0.3 is 0 Å². The Hall–Kier alpha value is -1.13. The van der Waals surface area contributed by atoms with Crippen LogP contribution in [0.25, 0.3) is 0 Å². The van der Waals surface area contributed by atoms with Gasteiger partial charge in [-0.15, -0.1) is 0 Å². The highest BCUT2D eigenvalue weighted by molar-refractivity contribution is 6.42. The minimum Gasteiger partial charge on any atom is -0.329 e. The Labute approximate surface area is 134 Å². The van der Waals surface area contributed by atoms with E-state index in [0.29, 0.717) is 23.1 Å². The molecular weight excluding hydrogens is 310 g/mol. The summed E-state index contributed by atoms with van der Waals surface area (Å²) in [5.74, 6) is -0.241. The molecule has 0 saturated heterocycles. The van der Waals surface area contributed by atoms with Crippen LogP contribution in [0.15, 0.2) is 42.5 Å². The molecule has 0 aliphatic rings. The van der Waals surface area contributed by atoms with Crippen LogP contribution in [-0.2, 0) is 6.54 Å². The number of halogens is 3. The molecule has 0 amide bonds. The van der Waals surface area contributed by atoms with Crippen LogP contribution < -0.4 is 5.73 Å². The molecule has 0 radical (unpaired) electrons. The summed E-state index contributed by atoms with van der Waals surface area (Å²) in [4.78, 5) is 2.07. The van der Waals surface area contributed by atoms with Crippen LogP contribution in [0, 0.1) is 5.82 Å². The number of hydrogen-bond donors (Lipinski definition) is 1. The Kier molecular flexibility index (Phi) is 5.59. The number of likely N-dealkylation sites (N-methyl/N-ethyl adjacent to an activating group) is 1. The fourth-order valence-corrected chi connectivity index (χ4v) is 2.74. The van der Waals surface area contributed by atoms with E-state index in [1.807, 2.05) is 19.2 Å². The average molecular weight is 327 g/mol. The minimum atomic E-state index is -0.241. The van der Waals surface area contributed by atoms with Crippen molar-refractivity contribution in [1.29, 1.82) is 0 Å². The molecule has 0 heterocycles.